The minimum Gasteiger partial charge on any atom is -0.462 e. The second kappa shape index (κ2) is 61.6. The summed E-state index contributed by atoms with van der Waals surface area (Å²) in [4.78, 5) is 72.6. The van der Waals surface area contributed by atoms with E-state index in [0.29, 0.717) is 31.6 Å². The van der Waals surface area contributed by atoms with E-state index in [1.54, 1.807) is 0 Å². The maximum atomic E-state index is 13.0. The lowest BCUT2D eigenvalue weighted by molar-refractivity contribution is -0.161. The number of phosphoric ester groups is 2. The van der Waals surface area contributed by atoms with Crippen LogP contribution in [0.15, 0.2) is 0 Å². The number of esters is 4. The molecule has 19 heteroatoms. The number of carbonyl (C=O) groups excluding carboxylic acids is 4. The van der Waals surface area contributed by atoms with Crippen LogP contribution in [0.25, 0.3) is 0 Å². The molecule has 0 aliphatic rings. The van der Waals surface area contributed by atoms with Crippen molar-refractivity contribution in [3.8, 4) is 0 Å². The van der Waals surface area contributed by atoms with Crippen LogP contribution in [0.1, 0.15) is 357 Å². The van der Waals surface area contributed by atoms with Crippen molar-refractivity contribution < 1.29 is 80.2 Å². The zero-order chi connectivity index (χ0) is 67.5. The highest BCUT2D eigenvalue weighted by atomic mass is 31.2. The molecule has 0 aromatic rings. The highest BCUT2D eigenvalue weighted by Crippen LogP contribution is 2.45. The number of aliphatic hydroxyl groups excluding tert-OH is 1. The van der Waals surface area contributed by atoms with Gasteiger partial charge in [0, 0.05) is 25.7 Å². The molecule has 91 heavy (non-hydrogen) atoms. The lowest BCUT2D eigenvalue weighted by Gasteiger charge is -2.21. The first-order valence-electron chi connectivity index (χ1n) is 37.2. The summed E-state index contributed by atoms with van der Waals surface area (Å²) in [6, 6.07) is 0. The van der Waals surface area contributed by atoms with E-state index >= 15 is 0 Å². The topological polar surface area (TPSA) is 237 Å². The number of ether oxygens (including phenoxy) is 4. The first kappa shape index (κ1) is 89.1. The van der Waals surface area contributed by atoms with Crippen LogP contribution in [0.2, 0.25) is 0 Å². The Morgan fingerprint density at radius 1 is 0.308 bits per heavy atom. The third-order valence-corrected chi connectivity index (χ3v) is 18.8. The van der Waals surface area contributed by atoms with Gasteiger partial charge in [-0.2, -0.15) is 0 Å². The average molecular weight is 1340 g/mol. The van der Waals surface area contributed by atoms with E-state index in [2.05, 4.69) is 55.4 Å². The molecule has 0 fully saturated rings. The van der Waals surface area contributed by atoms with E-state index < -0.39 is 97.5 Å². The van der Waals surface area contributed by atoms with E-state index in [9.17, 15) is 43.2 Å². The van der Waals surface area contributed by atoms with Gasteiger partial charge in [-0.25, -0.2) is 9.13 Å². The van der Waals surface area contributed by atoms with Crippen molar-refractivity contribution in [1.82, 2.24) is 0 Å². The number of hydrogen-bond donors (Lipinski definition) is 3. The summed E-state index contributed by atoms with van der Waals surface area (Å²) >= 11 is 0. The Hall–Kier alpha value is -1.94. The molecule has 0 aromatic heterocycles. The van der Waals surface area contributed by atoms with Gasteiger partial charge in [-0.15, -0.1) is 0 Å². The van der Waals surface area contributed by atoms with Crippen molar-refractivity contribution in [3.05, 3.63) is 0 Å². The molecule has 3 N–H and O–H groups in total. The third-order valence-electron chi connectivity index (χ3n) is 16.9. The van der Waals surface area contributed by atoms with Crippen LogP contribution in [0, 0.1) is 23.7 Å². The fourth-order valence-electron chi connectivity index (χ4n) is 10.8. The van der Waals surface area contributed by atoms with E-state index in [4.69, 9.17) is 37.0 Å². The average Bonchev–Trinajstić information content (AvgIpc) is 3.33. The fraction of sp³-hybridized carbons (Fsp3) is 0.944. The summed E-state index contributed by atoms with van der Waals surface area (Å²) in [5.41, 5.74) is 0. The zero-order valence-corrected chi connectivity index (χ0v) is 61.3. The van der Waals surface area contributed by atoms with Crippen molar-refractivity contribution in [2.75, 3.05) is 39.6 Å². The van der Waals surface area contributed by atoms with Crippen LogP contribution in [-0.4, -0.2) is 96.7 Å². The Kier molecular flexibility index (Phi) is 60.3. The molecule has 17 nitrogen and oxygen atoms in total. The predicted octanol–water partition coefficient (Wildman–Crippen LogP) is 20.5. The van der Waals surface area contributed by atoms with Gasteiger partial charge in [0.05, 0.1) is 26.4 Å². The Morgan fingerprint density at radius 2 is 0.527 bits per heavy atom. The van der Waals surface area contributed by atoms with E-state index in [1.165, 1.54) is 154 Å². The number of hydrogen-bond acceptors (Lipinski definition) is 15. The Balaban J connectivity index is 5.24. The molecule has 0 radical (unpaired) electrons. The van der Waals surface area contributed by atoms with Gasteiger partial charge < -0.3 is 33.8 Å². The van der Waals surface area contributed by atoms with Crippen LogP contribution in [-0.2, 0) is 65.4 Å². The molecule has 0 amide bonds. The lowest BCUT2D eigenvalue weighted by atomic mass is 9.99. The molecular formula is C72H140O17P2. The standard InChI is InChI=1S/C72H140O17P2/c1-9-65(8)51-43-35-26-22-23-29-39-47-55-72(77)89-67(58-82-69(74)52-44-36-27-20-17-13-15-19-25-33-41-49-63(4)5)60-86-90(78,79)84-56-66(73)57-85-91(80,81)87-61-68(59-83-70(75)53-45-37-31-30-34-42-50-64(6)7)88-71(76)54-46-38-28-21-16-12-10-11-14-18-24-32-40-48-62(2)3/h62-68,73H,9-61H2,1-8H3,(H,78,79)(H,80,81)/t65?,66-,67-,68-/m1/s1. The SMILES string of the molecule is CCC(C)CCCCCCCCCCC(=O)O[C@H](COC(=O)CCCCCCCCCCCCCC(C)C)COP(=O)(O)OC[C@@H](O)COP(=O)(O)OC[C@@H](COC(=O)CCCCCCCCC(C)C)OC(=O)CCCCCCCCCCCCCCCC(C)C. The number of carbonyl (C=O) groups is 4. The Morgan fingerprint density at radius 3 is 0.780 bits per heavy atom. The number of aliphatic hydroxyl groups is 1. The monoisotopic (exact) mass is 1340 g/mol. The molecule has 0 aliphatic carbocycles. The minimum absolute atomic E-state index is 0.104. The highest BCUT2D eigenvalue weighted by Gasteiger charge is 2.30. The Bertz CT molecular complexity index is 1800. The van der Waals surface area contributed by atoms with E-state index in [0.717, 1.165) is 114 Å². The second-order valence-electron chi connectivity index (χ2n) is 27.6. The van der Waals surface area contributed by atoms with Gasteiger partial charge in [0.2, 0.25) is 0 Å². The summed E-state index contributed by atoms with van der Waals surface area (Å²) in [5.74, 6) is 0.878. The molecule has 0 aromatic carbocycles. The molecule has 0 saturated carbocycles. The first-order valence-corrected chi connectivity index (χ1v) is 40.2. The van der Waals surface area contributed by atoms with Crippen molar-refractivity contribution in [3.63, 3.8) is 0 Å². The molecule has 6 atom stereocenters. The summed E-state index contributed by atoms with van der Waals surface area (Å²) in [7, 11) is -9.91. The summed E-state index contributed by atoms with van der Waals surface area (Å²) in [5, 5.41) is 10.6. The smallest absolute Gasteiger partial charge is 0.462 e. The van der Waals surface area contributed by atoms with E-state index in [-0.39, 0.29) is 25.7 Å². The summed E-state index contributed by atoms with van der Waals surface area (Å²) in [6.45, 7) is 14.1. The molecule has 0 bridgehead atoms. The second-order valence-corrected chi connectivity index (χ2v) is 30.6. The van der Waals surface area contributed by atoms with Gasteiger partial charge in [0.1, 0.15) is 19.3 Å². The number of unbranched alkanes of at least 4 members (excludes halogenated alkanes) is 34. The Labute approximate surface area is 556 Å². The molecule has 540 valence electrons. The quantitative estimate of drug-likeness (QED) is 0.0222. The fourth-order valence-corrected chi connectivity index (χ4v) is 12.4. The van der Waals surface area contributed by atoms with Crippen LogP contribution < -0.4 is 0 Å². The van der Waals surface area contributed by atoms with Gasteiger partial charge in [-0.1, -0.05) is 306 Å². The molecule has 3 unspecified atom stereocenters. The predicted molar refractivity (Wildman–Crippen MR) is 367 cm³/mol. The summed E-state index contributed by atoms with van der Waals surface area (Å²) < 4.78 is 68.3. The van der Waals surface area contributed by atoms with Gasteiger partial charge in [0.15, 0.2) is 12.2 Å². The minimum atomic E-state index is -4.95. The normalized spacial score (nSPS) is 14.5. The van der Waals surface area contributed by atoms with Gasteiger partial charge in [-0.3, -0.25) is 37.3 Å². The molecule has 0 heterocycles. The molecule has 0 aliphatic heterocycles. The van der Waals surface area contributed by atoms with Gasteiger partial charge >= 0.3 is 39.5 Å². The third kappa shape index (κ3) is 65.1. The molecule has 0 rings (SSSR count). The number of phosphoric acid groups is 2. The molecule has 0 spiro atoms. The van der Waals surface area contributed by atoms with Crippen LogP contribution >= 0.6 is 15.6 Å². The van der Waals surface area contributed by atoms with Crippen molar-refractivity contribution in [2.24, 2.45) is 23.7 Å². The van der Waals surface area contributed by atoms with E-state index in [1.807, 2.05) is 0 Å². The largest absolute Gasteiger partial charge is 0.472 e. The molecular weight excluding hydrogens is 1200 g/mol. The van der Waals surface area contributed by atoms with Crippen molar-refractivity contribution >= 4 is 39.5 Å². The van der Waals surface area contributed by atoms with Crippen molar-refractivity contribution in [1.29, 1.82) is 0 Å². The molecule has 0 saturated heterocycles. The van der Waals surface area contributed by atoms with Crippen LogP contribution in [0.4, 0.5) is 0 Å². The van der Waals surface area contributed by atoms with Crippen LogP contribution in [0.5, 0.6) is 0 Å². The maximum Gasteiger partial charge on any atom is 0.472 e. The van der Waals surface area contributed by atoms with Crippen LogP contribution in [0.3, 0.4) is 0 Å². The van der Waals surface area contributed by atoms with Crippen molar-refractivity contribution in [2.45, 2.75) is 375 Å². The zero-order valence-electron chi connectivity index (χ0n) is 59.5. The lowest BCUT2D eigenvalue weighted by Crippen LogP contribution is -2.30. The van der Waals surface area contributed by atoms with Gasteiger partial charge in [0.25, 0.3) is 0 Å². The highest BCUT2D eigenvalue weighted by molar-refractivity contribution is 7.47. The summed E-state index contributed by atoms with van der Waals surface area (Å²) in [6.07, 6.45) is 44.5. The van der Waals surface area contributed by atoms with Gasteiger partial charge in [-0.05, 0) is 49.4 Å². The number of rotatable bonds is 69. The maximum absolute atomic E-state index is 13.0. The first-order chi connectivity index (χ1) is 43.6.